The molecule has 1 aliphatic rings. The Kier molecular flexibility index (Phi) is 5.79. The van der Waals surface area contributed by atoms with Crippen molar-refractivity contribution < 1.29 is 0 Å². The molecule has 0 aromatic carbocycles. The molecule has 2 atom stereocenters. The number of hydrogen-bond acceptors (Lipinski definition) is 3. The van der Waals surface area contributed by atoms with Crippen molar-refractivity contribution >= 4 is 0 Å². The van der Waals surface area contributed by atoms with E-state index in [1.54, 1.807) is 10.8 Å². The van der Waals surface area contributed by atoms with Gasteiger partial charge in [0, 0.05) is 37.9 Å². The first-order valence-corrected chi connectivity index (χ1v) is 8.17. The van der Waals surface area contributed by atoms with Gasteiger partial charge in [-0.15, -0.1) is 0 Å². The van der Waals surface area contributed by atoms with Crippen LogP contribution in [0.25, 0.3) is 0 Å². The normalized spacial score (nSPS) is 22.4. The van der Waals surface area contributed by atoms with Crippen molar-refractivity contribution in [2.24, 2.45) is 5.92 Å². The van der Waals surface area contributed by atoms with Gasteiger partial charge in [0.05, 0.1) is 0 Å². The topological polar surface area (TPSA) is 56.0 Å². The van der Waals surface area contributed by atoms with Crippen LogP contribution in [0, 0.1) is 5.92 Å². The lowest BCUT2D eigenvalue weighted by atomic mass is 9.86. The lowest BCUT2D eigenvalue weighted by molar-refractivity contribution is 0.277. The summed E-state index contributed by atoms with van der Waals surface area (Å²) in [5, 5.41) is 3.52. The Morgan fingerprint density at radius 3 is 2.71 bits per heavy atom. The molecule has 5 nitrogen and oxygen atoms in total. The molecular weight excluding hydrogens is 266 g/mol. The largest absolute Gasteiger partial charge is 0.331 e. The number of aryl methyl sites for hydroxylation is 1. The lowest BCUT2D eigenvalue weighted by Gasteiger charge is -2.29. The summed E-state index contributed by atoms with van der Waals surface area (Å²) < 4.78 is 2.96. The fourth-order valence-electron chi connectivity index (χ4n) is 3.15. The van der Waals surface area contributed by atoms with E-state index >= 15 is 0 Å². The molecule has 0 amide bonds. The van der Waals surface area contributed by atoms with Gasteiger partial charge in [-0.25, -0.2) is 4.79 Å². The van der Waals surface area contributed by atoms with E-state index in [1.165, 1.54) is 36.3 Å². The van der Waals surface area contributed by atoms with Crippen molar-refractivity contribution in [3.8, 4) is 0 Å². The third-order valence-electron chi connectivity index (χ3n) is 4.46. The Balaban J connectivity index is 1.98. The standard InChI is InChI=1S/C16H27N3O2/c1-3-10-18-11-8-15(20)19(16(18)21)12-9-17-14-7-5-4-6-13(14)2/h8,11,13-14,17H,3-7,9-10,12H2,1-2H3. The van der Waals surface area contributed by atoms with Crippen molar-refractivity contribution in [1.82, 2.24) is 14.5 Å². The molecule has 1 aliphatic carbocycles. The van der Waals surface area contributed by atoms with Crippen LogP contribution in [0.2, 0.25) is 0 Å². The first-order chi connectivity index (χ1) is 10.1. The van der Waals surface area contributed by atoms with E-state index in [2.05, 4.69) is 12.2 Å². The van der Waals surface area contributed by atoms with Crippen molar-refractivity contribution in [2.75, 3.05) is 6.54 Å². The first-order valence-electron chi connectivity index (χ1n) is 8.17. The maximum atomic E-state index is 12.2. The van der Waals surface area contributed by atoms with Crippen LogP contribution >= 0.6 is 0 Å². The zero-order chi connectivity index (χ0) is 15.2. The summed E-state index contributed by atoms with van der Waals surface area (Å²) in [5.41, 5.74) is -0.395. The van der Waals surface area contributed by atoms with Gasteiger partial charge in [0.1, 0.15) is 0 Å². The van der Waals surface area contributed by atoms with Gasteiger partial charge < -0.3 is 9.88 Å². The number of aromatic nitrogens is 2. The quantitative estimate of drug-likeness (QED) is 0.866. The molecule has 1 heterocycles. The Morgan fingerprint density at radius 2 is 2.00 bits per heavy atom. The highest BCUT2D eigenvalue weighted by Crippen LogP contribution is 2.23. The summed E-state index contributed by atoms with van der Waals surface area (Å²) in [6.45, 7) is 6.09. The van der Waals surface area contributed by atoms with E-state index in [-0.39, 0.29) is 11.2 Å². The molecule has 1 N–H and O–H groups in total. The van der Waals surface area contributed by atoms with Gasteiger partial charge in [0.15, 0.2) is 0 Å². The van der Waals surface area contributed by atoms with Crippen molar-refractivity contribution in [1.29, 1.82) is 0 Å². The highest BCUT2D eigenvalue weighted by molar-refractivity contribution is 4.87. The smallest absolute Gasteiger partial charge is 0.312 e. The van der Waals surface area contributed by atoms with Gasteiger partial charge in [0.25, 0.3) is 5.56 Å². The predicted octanol–water partition coefficient (Wildman–Crippen LogP) is 1.59. The Labute approximate surface area is 126 Å². The molecule has 1 fully saturated rings. The molecule has 0 bridgehead atoms. The molecule has 1 saturated carbocycles. The van der Waals surface area contributed by atoms with Crippen LogP contribution in [0.3, 0.4) is 0 Å². The van der Waals surface area contributed by atoms with E-state index in [0.29, 0.717) is 31.6 Å². The summed E-state index contributed by atoms with van der Waals surface area (Å²) in [6, 6.07) is 2.01. The average molecular weight is 293 g/mol. The van der Waals surface area contributed by atoms with Crippen LogP contribution in [0.4, 0.5) is 0 Å². The number of rotatable bonds is 6. The minimum absolute atomic E-state index is 0.192. The van der Waals surface area contributed by atoms with Gasteiger partial charge >= 0.3 is 5.69 Å². The monoisotopic (exact) mass is 293 g/mol. The zero-order valence-corrected chi connectivity index (χ0v) is 13.2. The SMILES string of the molecule is CCCn1ccc(=O)n(CCNC2CCCCC2C)c1=O. The van der Waals surface area contributed by atoms with E-state index in [9.17, 15) is 9.59 Å². The summed E-state index contributed by atoms with van der Waals surface area (Å²) in [4.78, 5) is 24.1. The Morgan fingerprint density at radius 1 is 1.24 bits per heavy atom. The molecule has 1 aromatic rings. The van der Waals surface area contributed by atoms with Crippen molar-refractivity contribution in [3.63, 3.8) is 0 Å². The van der Waals surface area contributed by atoms with Gasteiger partial charge in [-0.05, 0) is 25.2 Å². The van der Waals surface area contributed by atoms with Gasteiger partial charge in [0.2, 0.25) is 0 Å². The molecule has 1 aromatic heterocycles. The van der Waals surface area contributed by atoms with E-state index < -0.39 is 0 Å². The molecular formula is C16H27N3O2. The summed E-state index contributed by atoms with van der Waals surface area (Å²) in [6.07, 6.45) is 7.55. The molecule has 0 radical (unpaired) electrons. The Bertz CT molecular complexity index is 561. The first kappa shape index (κ1) is 16.0. The fraction of sp³-hybridized carbons (Fsp3) is 0.750. The second-order valence-electron chi connectivity index (χ2n) is 6.10. The van der Waals surface area contributed by atoms with Crippen LogP contribution in [0.1, 0.15) is 46.0 Å². The average Bonchev–Trinajstić information content (AvgIpc) is 2.47. The van der Waals surface area contributed by atoms with E-state index in [1.807, 2.05) is 6.92 Å². The minimum Gasteiger partial charge on any atom is -0.312 e. The molecule has 0 spiro atoms. The molecule has 2 unspecified atom stereocenters. The van der Waals surface area contributed by atoms with Crippen molar-refractivity contribution in [3.05, 3.63) is 33.1 Å². The Hall–Kier alpha value is -1.36. The zero-order valence-electron chi connectivity index (χ0n) is 13.2. The van der Waals surface area contributed by atoms with Gasteiger partial charge in [-0.2, -0.15) is 0 Å². The van der Waals surface area contributed by atoms with E-state index in [4.69, 9.17) is 0 Å². The highest BCUT2D eigenvalue weighted by atomic mass is 16.2. The van der Waals surface area contributed by atoms with Crippen LogP contribution < -0.4 is 16.6 Å². The molecule has 0 aliphatic heterocycles. The highest BCUT2D eigenvalue weighted by Gasteiger charge is 2.20. The van der Waals surface area contributed by atoms with Crippen LogP contribution in [-0.2, 0) is 13.1 Å². The number of hydrogen-bond donors (Lipinski definition) is 1. The van der Waals surface area contributed by atoms with E-state index in [0.717, 1.165) is 6.42 Å². The van der Waals surface area contributed by atoms with Gasteiger partial charge in [-0.1, -0.05) is 26.7 Å². The minimum atomic E-state index is -0.203. The summed E-state index contributed by atoms with van der Waals surface area (Å²) in [5.74, 6) is 0.683. The lowest BCUT2D eigenvalue weighted by Crippen LogP contribution is -2.44. The maximum absolute atomic E-state index is 12.2. The number of nitrogens with one attached hydrogen (secondary N) is 1. The van der Waals surface area contributed by atoms with Crippen LogP contribution in [-0.4, -0.2) is 21.7 Å². The number of nitrogens with zero attached hydrogens (tertiary/aromatic N) is 2. The third kappa shape index (κ3) is 4.06. The fourth-order valence-corrected chi connectivity index (χ4v) is 3.15. The second-order valence-corrected chi connectivity index (χ2v) is 6.10. The van der Waals surface area contributed by atoms with Crippen LogP contribution in [0.15, 0.2) is 21.9 Å². The predicted molar refractivity (Wildman–Crippen MR) is 84.7 cm³/mol. The maximum Gasteiger partial charge on any atom is 0.331 e. The van der Waals surface area contributed by atoms with Crippen LogP contribution in [0.5, 0.6) is 0 Å². The van der Waals surface area contributed by atoms with Crippen molar-refractivity contribution in [2.45, 2.75) is 65.1 Å². The van der Waals surface area contributed by atoms with Gasteiger partial charge in [-0.3, -0.25) is 9.36 Å². The third-order valence-corrected chi connectivity index (χ3v) is 4.46. The second kappa shape index (κ2) is 7.59. The summed E-state index contributed by atoms with van der Waals surface area (Å²) >= 11 is 0. The molecule has 21 heavy (non-hydrogen) atoms. The molecule has 5 heteroatoms. The summed E-state index contributed by atoms with van der Waals surface area (Å²) in [7, 11) is 0. The molecule has 0 saturated heterocycles. The molecule has 118 valence electrons. The molecule has 2 rings (SSSR count).